The molecule has 1 heterocycles. The topological polar surface area (TPSA) is 57.6 Å². The second-order valence-corrected chi connectivity index (χ2v) is 5.79. The summed E-state index contributed by atoms with van der Waals surface area (Å²) in [7, 11) is 1.75. The number of aliphatic carboxylic acids is 1. The first-order valence-corrected chi connectivity index (χ1v) is 6.97. The number of hydrogen-bond donors (Lipinski definition) is 1. The maximum atomic E-state index is 12.3. The van der Waals surface area contributed by atoms with Crippen LogP contribution in [-0.2, 0) is 16.1 Å². The van der Waals surface area contributed by atoms with Crippen molar-refractivity contribution in [2.24, 2.45) is 11.8 Å². The Kier molecular flexibility index (Phi) is 4.01. The van der Waals surface area contributed by atoms with E-state index < -0.39 is 11.9 Å². The number of carboxylic acids is 1. The van der Waals surface area contributed by atoms with E-state index in [9.17, 15) is 9.59 Å². The van der Waals surface area contributed by atoms with Crippen molar-refractivity contribution in [3.8, 4) is 0 Å². The van der Waals surface area contributed by atoms with Gasteiger partial charge in [0.1, 0.15) is 0 Å². The van der Waals surface area contributed by atoms with Crippen molar-refractivity contribution in [2.75, 3.05) is 7.05 Å². The maximum Gasteiger partial charge on any atom is 0.307 e. The SMILES string of the molecule is CN(Cc1cccs1)C(=O)[C@@H]1CCC[C@@H]1C(=O)O. The van der Waals surface area contributed by atoms with Crippen LogP contribution in [0.25, 0.3) is 0 Å². The molecule has 18 heavy (non-hydrogen) atoms. The number of nitrogens with zero attached hydrogens (tertiary/aromatic N) is 1. The predicted molar refractivity (Wildman–Crippen MR) is 69.3 cm³/mol. The lowest BCUT2D eigenvalue weighted by Gasteiger charge is -2.22. The van der Waals surface area contributed by atoms with Crippen molar-refractivity contribution in [1.29, 1.82) is 0 Å². The van der Waals surface area contributed by atoms with Gasteiger partial charge in [-0.2, -0.15) is 0 Å². The molecule has 1 N–H and O–H groups in total. The second-order valence-electron chi connectivity index (χ2n) is 4.76. The van der Waals surface area contributed by atoms with E-state index in [1.165, 1.54) is 0 Å². The number of rotatable bonds is 4. The third-order valence-electron chi connectivity index (χ3n) is 3.50. The first-order chi connectivity index (χ1) is 8.59. The van der Waals surface area contributed by atoms with Gasteiger partial charge in [-0.3, -0.25) is 9.59 Å². The van der Waals surface area contributed by atoms with Crippen molar-refractivity contribution in [3.63, 3.8) is 0 Å². The average Bonchev–Trinajstić information content (AvgIpc) is 2.97. The van der Waals surface area contributed by atoms with E-state index in [0.29, 0.717) is 19.4 Å². The summed E-state index contributed by atoms with van der Waals surface area (Å²) in [5, 5.41) is 11.1. The molecule has 1 saturated carbocycles. The molecule has 1 aliphatic carbocycles. The van der Waals surface area contributed by atoms with Crippen molar-refractivity contribution in [3.05, 3.63) is 22.4 Å². The number of carbonyl (C=O) groups is 2. The lowest BCUT2D eigenvalue weighted by Crippen LogP contribution is -2.36. The number of thiophene rings is 1. The van der Waals surface area contributed by atoms with Crippen LogP contribution >= 0.6 is 11.3 Å². The molecule has 1 aromatic heterocycles. The van der Waals surface area contributed by atoms with Gasteiger partial charge < -0.3 is 10.0 Å². The van der Waals surface area contributed by atoms with Crippen LogP contribution in [-0.4, -0.2) is 28.9 Å². The fraction of sp³-hybridized carbons (Fsp3) is 0.538. The molecule has 2 atom stereocenters. The van der Waals surface area contributed by atoms with Crippen LogP contribution in [0.5, 0.6) is 0 Å². The largest absolute Gasteiger partial charge is 0.481 e. The number of amides is 1. The Hall–Kier alpha value is -1.36. The molecule has 0 aromatic carbocycles. The standard InChI is InChI=1S/C13H17NO3S/c1-14(8-9-4-3-7-18-9)12(15)10-5-2-6-11(10)13(16)17/h3-4,7,10-11H,2,5-6,8H2,1H3,(H,16,17)/t10-,11+/m1/s1. The summed E-state index contributed by atoms with van der Waals surface area (Å²) in [6, 6.07) is 3.94. The molecule has 0 unspecified atom stereocenters. The summed E-state index contributed by atoms with van der Waals surface area (Å²) in [4.78, 5) is 26.1. The van der Waals surface area contributed by atoms with Gasteiger partial charge in [0.2, 0.25) is 5.91 Å². The van der Waals surface area contributed by atoms with Gasteiger partial charge in [-0.25, -0.2) is 0 Å². The minimum Gasteiger partial charge on any atom is -0.481 e. The Morgan fingerprint density at radius 3 is 2.78 bits per heavy atom. The Bertz CT molecular complexity index is 429. The molecule has 5 heteroatoms. The summed E-state index contributed by atoms with van der Waals surface area (Å²) in [6.07, 6.45) is 2.16. The van der Waals surface area contributed by atoms with E-state index in [-0.39, 0.29) is 11.8 Å². The first kappa shape index (κ1) is 13.1. The molecule has 4 nitrogen and oxygen atoms in total. The number of carbonyl (C=O) groups excluding carboxylic acids is 1. The molecule has 0 bridgehead atoms. The molecule has 1 aliphatic rings. The average molecular weight is 267 g/mol. The van der Waals surface area contributed by atoms with Crippen LogP contribution < -0.4 is 0 Å². The van der Waals surface area contributed by atoms with Gasteiger partial charge in [0, 0.05) is 11.9 Å². The van der Waals surface area contributed by atoms with Gasteiger partial charge in [0.05, 0.1) is 18.4 Å². The minimum atomic E-state index is -0.838. The smallest absolute Gasteiger partial charge is 0.307 e. The van der Waals surface area contributed by atoms with E-state index in [2.05, 4.69) is 0 Å². The molecule has 1 aromatic rings. The highest BCUT2D eigenvalue weighted by Gasteiger charge is 2.38. The van der Waals surface area contributed by atoms with E-state index in [0.717, 1.165) is 11.3 Å². The zero-order chi connectivity index (χ0) is 13.1. The van der Waals surface area contributed by atoms with Crippen molar-refractivity contribution >= 4 is 23.2 Å². The normalized spacial score (nSPS) is 22.9. The summed E-state index contributed by atoms with van der Waals surface area (Å²) >= 11 is 1.61. The van der Waals surface area contributed by atoms with Crippen LogP contribution in [0.4, 0.5) is 0 Å². The van der Waals surface area contributed by atoms with Gasteiger partial charge in [-0.1, -0.05) is 12.5 Å². The van der Waals surface area contributed by atoms with E-state index in [4.69, 9.17) is 5.11 Å². The van der Waals surface area contributed by atoms with Crippen LogP contribution in [0.15, 0.2) is 17.5 Å². The fourth-order valence-electron chi connectivity index (χ4n) is 2.55. The van der Waals surface area contributed by atoms with Crippen molar-refractivity contribution in [1.82, 2.24) is 4.90 Å². The summed E-state index contributed by atoms with van der Waals surface area (Å²) < 4.78 is 0. The van der Waals surface area contributed by atoms with Gasteiger partial charge in [0.15, 0.2) is 0 Å². The molecular weight excluding hydrogens is 250 g/mol. The molecule has 0 radical (unpaired) electrons. The summed E-state index contributed by atoms with van der Waals surface area (Å²) in [6.45, 7) is 0.569. The lowest BCUT2D eigenvalue weighted by molar-refractivity contribution is -0.148. The molecule has 2 rings (SSSR count). The first-order valence-electron chi connectivity index (χ1n) is 6.09. The third kappa shape index (κ3) is 2.72. The molecule has 0 spiro atoms. The minimum absolute atomic E-state index is 0.0340. The Morgan fingerprint density at radius 1 is 1.44 bits per heavy atom. The molecule has 1 amide bonds. The zero-order valence-electron chi connectivity index (χ0n) is 10.3. The Balaban J connectivity index is 1.99. The third-order valence-corrected chi connectivity index (χ3v) is 4.36. The lowest BCUT2D eigenvalue weighted by atomic mass is 9.95. The molecule has 1 fully saturated rings. The van der Waals surface area contributed by atoms with Crippen LogP contribution in [0.3, 0.4) is 0 Å². The van der Waals surface area contributed by atoms with Gasteiger partial charge in [-0.15, -0.1) is 11.3 Å². The van der Waals surface area contributed by atoms with Gasteiger partial charge in [0.25, 0.3) is 0 Å². The molecular formula is C13H17NO3S. The monoisotopic (exact) mass is 267 g/mol. The van der Waals surface area contributed by atoms with Gasteiger partial charge >= 0.3 is 5.97 Å². The van der Waals surface area contributed by atoms with Crippen LogP contribution in [0.2, 0.25) is 0 Å². The number of carboxylic acid groups (broad SMARTS) is 1. The quantitative estimate of drug-likeness (QED) is 0.910. The van der Waals surface area contributed by atoms with Gasteiger partial charge in [-0.05, 0) is 24.3 Å². The Morgan fingerprint density at radius 2 is 2.17 bits per heavy atom. The van der Waals surface area contributed by atoms with E-state index in [1.54, 1.807) is 23.3 Å². The van der Waals surface area contributed by atoms with E-state index >= 15 is 0 Å². The maximum absolute atomic E-state index is 12.3. The highest BCUT2D eigenvalue weighted by molar-refractivity contribution is 7.09. The molecule has 98 valence electrons. The molecule has 0 saturated heterocycles. The highest BCUT2D eigenvalue weighted by Crippen LogP contribution is 2.33. The summed E-state index contributed by atoms with van der Waals surface area (Å²) in [5.41, 5.74) is 0. The van der Waals surface area contributed by atoms with Crippen LogP contribution in [0, 0.1) is 11.8 Å². The zero-order valence-corrected chi connectivity index (χ0v) is 11.2. The van der Waals surface area contributed by atoms with Crippen molar-refractivity contribution in [2.45, 2.75) is 25.8 Å². The number of hydrogen-bond acceptors (Lipinski definition) is 3. The Labute approximate surface area is 110 Å². The second kappa shape index (κ2) is 5.52. The predicted octanol–water partition coefficient (Wildman–Crippen LogP) is 2.21. The molecule has 0 aliphatic heterocycles. The van der Waals surface area contributed by atoms with E-state index in [1.807, 2.05) is 17.5 Å². The summed E-state index contributed by atoms with van der Waals surface area (Å²) in [5.74, 6) is -1.71. The fourth-order valence-corrected chi connectivity index (χ4v) is 3.31. The highest BCUT2D eigenvalue weighted by atomic mass is 32.1. The van der Waals surface area contributed by atoms with Crippen molar-refractivity contribution < 1.29 is 14.7 Å². The van der Waals surface area contributed by atoms with Crippen LogP contribution in [0.1, 0.15) is 24.1 Å².